The highest BCUT2D eigenvalue weighted by atomic mass is 33.1. The van der Waals surface area contributed by atoms with Gasteiger partial charge in [0, 0.05) is 48.1 Å². The molecule has 0 aliphatic rings. The first-order valence-electron chi connectivity index (χ1n) is 10.8. The van der Waals surface area contributed by atoms with E-state index in [1.807, 2.05) is 0 Å². The van der Waals surface area contributed by atoms with Crippen LogP contribution in [0.25, 0.3) is 0 Å². The van der Waals surface area contributed by atoms with Crippen LogP contribution in [0.15, 0.2) is 46.2 Å². The van der Waals surface area contributed by atoms with Gasteiger partial charge in [0.2, 0.25) is 0 Å². The molecule has 14 nitrogen and oxygen atoms in total. The second-order valence-electron chi connectivity index (χ2n) is 7.08. The van der Waals surface area contributed by atoms with E-state index in [1.165, 1.54) is 12.1 Å². The molecule has 2 aromatic rings. The number of hydrogen-bond acceptors (Lipinski definition) is 12. The van der Waals surface area contributed by atoms with Gasteiger partial charge in [0.05, 0.1) is 9.85 Å². The highest BCUT2D eigenvalue weighted by molar-refractivity contribution is 8.76. The van der Waals surface area contributed by atoms with Crippen molar-refractivity contribution >= 4 is 44.9 Å². The molecule has 0 fully saturated rings. The summed E-state index contributed by atoms with van der Waals surface area (Å²) in [5.74, 6) is -2.90. The van der Waals surface area contributed by atoms with Crippen molar-refractivity contribution in [2.24, 2.45) is 11.5 Å². The summed E-state index contributed by atoms with van der Waals surface area (Å²) in [5, 5.41) is 46.2. The van der Waals surface area contributed by atoms with Crippen molar-refractivity contribution in [3.05, 3.63) is 67.8 Å². The van der Waals surface area contributed by atoms with Crippen LogP contribution in [0, 0.1) is 20.2 Å². The number of aromatic carboxylic acids is 2. The Morgan fingerprint density at radius 2 is 1.14 bits per heavy atom. The lowest BCUT2D eigenvalue weighted by Gasteiger charge is -2.05. The van der Waals surface area contributed by atoms with E-state index in [9.17, 15) is 29.8 Å². The maximum Gasteiger partial charge on any atom is 0.342 e. The first-order valence-corrected chi connectivity index (χ1v) is 13.0. The predicted octanol–water partition coefficient (Wildman–Crippen LogP) is 2.17. The molecular formula is C21H28N6O8S2. The van der Waals surface area contributed by atoms with Crippen molar-refractivity contribution in [3.63, 3.8) is 0 Å². The Morgan fingerprint density at radius 3 is 1.43 bits per heavy atom. The third kappa shape index (κ3) is 11.5. The first kappa shape index (κ1) is 31.7. The zero-order chi connectivity index (χ0) is 27.8. The number of nitro benzene ring substituents is 2. The Balaban J connectivity index is 0.000000525. The molecule has 0 atom stereocenters. The van der Waals surface area contributed by atoms with Crippen molar-refractivity contribution in [1.82, 2.24) is 10.6 Å². The fourth-order valence-corrected chi connectivity index (χ4v) is 4.65. The van der Waals surface area contributed by atoms with E-state index in [1.54, 1.807) is 0 Å². The third-order valence-corrected chi connectivity index (χ3v) is 6.75. The number of nitrogens with two attached hydrogens (primary N) is 2. The average Bonchev–Trinajstić information content (AvgIpc) is 2.86. The molecule has 16 heteroatoms. The quantitative estimate of drug-likeness (QED) is 0.0798. The van der Waals surface area contributed by atoms with Crippen LogP contribution in [0.3, 0.4) is 0 Å². The van der Waals surface area contributed by atoms with Crippen LogP contribution in [-0.4, -0.2) is 71.3 Å². The van der Waals surface area contributed by atoms with E-state index < -0.39 is 44.3 Å². The topological polar surface area (TPSA) is 237 Å². The molecule has 0 unspecified atom stereocenters. The van der Waals surface area contributed by atoms with Gasteiger partial charge in [-0.05, 0) is 43.8 Å². The van der Waals surface area contributed by atoms with Gasteiger partial charge in [-0.2, -0.15) is 0 Å². The molecule has 202 valence electrons. The van der Waals surface area contributed by atoms with Crippen LogP contribution < -0.4 is 22.1 Å². The van der Waals surface area contributed by atoms with Crippen LogP contribution in [0.1, 0.15) is 27.1 Å². The average molecular weight is 557 g/mol. The minimum Gasteiger partial charge on any atom is -0.477 e. The summed E-state index contributed by atoms with van der Waals surface area (Å²) in [7, 11) is 2.06. The van der Waals surface area contributed by atoms with E-state index in [2.05, 4.69) is 10.6 Å². The molecule has 2 aromatic carbocycles. The largest absolute Gasteiger partial charge is 0.477 e. The highest BCUT2D eigenvalue weighted by Gasteiger charge is 2.22. The molecule has 0 heterocycles. The lowest BCUT2D eigenvalue weighted by Crippen LogP contribution is -2.28. The van der Waals surface area contributed by atoms with Gasteiger partial charge in [-0.25, -0.2) is 9.59 Å². The number of nitrogens with one attached hydrogen (secondary N) is 2. The zero-order valence-corrected chi connectivity index (χ0v) is 21.3. The van der Waals surface area contributed by atoms with Crippen molar-refractivity contribution in [3.8, 4) is 0 Å². The van der Waals surface area contributed by atoms with Crippen molar-refractivity contribution in [2.75, 3.05) is 39.3 Å². The number of nitro groups is 2. The fourth-order valence-electron chi connectivity index (χ4n) is 2.68. The van der Waals surface area contributed by atoms with Crippen LogP contribution in [0.5, 0.6) is 0 Å². The van der Waals surface area contributed by atoms with Crippen LogP contribution in [-0.2, 0) is 0 Å². The van der Waals surface area contributed by atoms with Crippen molar-refractivity contribution < 1.29 is 29.6 Å². The van der Waals surface area contributed by atoms with Gasteiger partial charge in [-0.1, -0.05) is 21.6 Å². The molecule has 0 amide bonds. The Morgan fingerprint density at radius 1 is 0.757 bits per heavy atom. The van der Waals surface area contributed by atoms with Gasteiger partial charge < -0.3 is 32.3 Å². The molecule has 0 aliphatic heterocycles. The molecule has 2 rings (SSSR count). The van der Waals surface area contributed by atoms with Gasteiger partial charge in [-0.3, -0.25) is 20.2 Å². The highest BCUT2D eigenvalue weighted by Crippen LogP contribution is 2.40. The minimum absolute atomic E-state index is 0.383. The summed E-state index contributed by atoms with van der Waals surface area (Å²) in [4.78, 5) is 43.1. The van der Waals surface area contributed by atoms with Crippen LogP contribution in [0.4, 0.5) is 11.4 Å². The number of hydrogen-bond donors (Lipinski definition) is 6. The first-order chi connectivity index (χ1) is 17.6. The van der Waals surface area contributed by atoms with E-state index >= 15 is 0 Å². The van der Waals surface area contributed by atoms with E-state index in [-0.39, 0.29) is 0 Å². The summed E-state index contributed by atoms with van der Waals surface area (Å²) in [5.41, 5.74) is 8.55. The second kappa shape index (κ2) is 17.2. The molecule has 0 bridgehead atoms. The Labute approximate surface area is 219 Å². The maximum absolute atomic E-state index is 11.1. The molecule has 0 aliphatic carbocycles. The minimum atomic E-state index is -1.45. The third-order valence-electron chi connectivity index (χ3n) is 4.37. The zero-order valence-electron chi connectivity index (χ0n) is 19.6. The number of rotatable bonds is 15. The van der Waals surface area contributed by atoms with Gasteiger partial charge in [0.25, 0.3) is 11.4 Å². The van der Waals surface area contributed by atoms with Crippen LogP contribution in [0.2, 0.25) is 0 Å². The number of carboxylic acid groups (broad SMARTS) is 2. The molecule has 0 saturated heterocycles. The number of carboxylic acids is 2. The summed E-state index contributed by atoms with van der Waals surface area (Å²) < 4.78 is 0. The molecule has 0 aromatic heterocycles. The van der Waals surface area contributed by atoms with E-state index in [0.717, 1.165) is 91.5 Å². The van der Waals surface area contributed by atoms with Crippen molar-refractivity contribution in [1.29, 1.82) is 0 Å². The summed E-state index contributed by atoms with van der Waals surface area (Å²) >= 11 is 0. The molecule has 0 radical (unpaired) electrons. The van der Waals surface area contributed by atoms with Gasteiger partial charge in [0.15, 0.2) is 0 Å². The normalized spacial score (nSPS) is 10.3. The fraction of sp³-hybridized carbons (Fsp3) is 0.333. The number of benzene rings is 2. The van der Waals surface area contributed by atoms with Gasteiger partial charge in [0.1, 0.15) is 11.1 Å². The maximum atomic E-state index is 11.1. The van der Waals surface area contributed by atoms with E-state index in [4.69, 9.17) is 21.7 Å². The Kier molecular flexibility index (Phi) is 14.8. The Hall–Kier alpha value is -3.28. The lowest BCUT2D eigenvalue weighted by molar-refractivity contribution is -0.385. The standard InChI is InChI=1S/C14H8N2O8S2.C7H20N4/c17-13(18)9-5-7(1-3-11(9)15(21)22)25-26-8-2-4-12(16(23)24)10(6-8)14(19)20;8-2-6-10-4-1-5-11-7-3-9/h1-6H,(H,17,18)(H,19,20);10-11H,1-9H2. The molecule has 0 spiro atoms. The van der Waals surface area contributed by atoms with Gasteiger partial charge in [-0.15, -0.1) is 0 Å². The predicted molar refractivity (Wildman–Crippen MR) is 140 cm³/mol. The Bertz CT molecular complexity index is 1010. The molecule has 37 heavy (non-hydrogen) atoms. The van der Waals surface area contributed by atoms with Crippen LogP contribution >= 0.6 is 21.6 Å². The molecule has 8 N–H and O–H groups in total. The summed E-state index contributed by atoms with van der Waals surface area (Å²) in [6.45, 7) is 5.34. The number of carbonyl (C=O) groups is 2. The lowest BCUT2D eigenvalue weighted by atomic mass is 10.2. The summed E-state index contributed by atoms with van der Waals surface area (Å²) in [6, 6.07) is 7.08. The second-order valence-corrected chi connectivity index (χ2v) is 9.36. The molecule has 0 saturated carbocycles. The number of nitrogens with zero attached hydrogens (tertiary/aromatic N) is 2. The monoisotopic (exact) mass is 556 g/mol. The SMILES string of the molecule is NCCNCCCNCCN.O=C(O)c1cc(SSc2ccc([N+](=O)[O-])c(C(=O)O)c2)ccc1[N+](=O)[O-]. The summed E-state index contributed by atoms with van der Waals surface area (Å²) in [6.07, 6.45) is 1.14. The van der Waals surface area contributed by atoms with E-state index in [0.29, 0.717) is 9.79 Å². The smallest absolute Gasteiger partial charge is 0.342 e. The van der Waals surface area contributed by atoms with Gasteiger partial charge >= 0.3 is 11.9 Å². The van der Waals surface area contributed by atoms with Crippen molar-refractivity contribution in [2.45, 2.75) is 16.2 Å². The molecular weight excluding hydrogens is 528 g/mol.